The average molecular weight is 396 g/mol. The summed E-state index contributed by atoms with van der Waals surface area (Å²) in [7, 11) is 0. The molecule has 0 aromatic heterocycles. The van der Waals surface area contributed by atoms with E-state index in [4.69, 9.17) is 0 Å². The van der Waals surface area contributed by atoms with Gasteiger partial charge in [-0.05, 0) is 34.6 Å². The quantitative estimate of drug-likeness (QED) is 0.274. The van der Waals surface area contributed by atoms with Crippen LogP contribution in [0.2, 0.25) is 0 Å². The van der Waals surface area contributed by atoms with E-state index in [2.05, 4.69) is 0 Å². The Morgan fingerprint density at radius 3 is 1.71 bits per heavy atom. The predicted octanol–water partition coefficient (Wildman–Crippen LogP) is -1.37. The molecule has 0 atom stereocenters. The van der Waals surface area contributed by atoms with Crippen LogP contribution >= 0.6 is 0 Å². The molecular weight excluding hydrogens is 366 g/mol. The second-order valence-electron chi connectivity index (χ2n) is 5.98. The first-order valence-electron chi connectivity index (χ1n) is 8.70. The van der Waals surface area contributed by atoms with Crippen LogP contribution in [0.15, 0.2) is 107 Å². The maximum absolute atomic E-state index is 11.9. The maximum atomic E-state index is 11.9. The van der Waals surface area contributed by atoms with Crippen LogP contribution < -0.4 is 69.3 Å². The Morgan fingerprint density at radius 1 is 0.679 bits per heavy atom. The second-order valence-corrected chi connectivity index (χ2v) is 5.98. The summed E-state index contributed by atoms with van der Waals surface area (Å²) in [6.07, 6.45) is 24.0. The molecule has 0 aromatic carbocycles. The molecule has 4 heteroatoms. The smallest absolute Gasteiger partial charge is 0.872 e. The Labute approximate surface area is 215 Å². The molecule has 0 saturated heterocycles. The number of hydrogen-bond donors (Lipinski definition) is 0. The van der Waals surface area contributed by atoms with E-state index in [0.29, 0.717) is 0 Å². The zero-order chi connectivity index (χ0) is 19.8. The molecule has 0 aliphatic rings. The van der Waals surface area contributed by atoms with Crippen molar-refractivity contribution in [1.29, 1.82) is 0 Å². The van der Waals surface area contributed by atoms with Gasteiger partial charge in [-0.1, -0.05) is 95.2 Å². The Bertz CT molecular complexity index is 698. The molecular formula is C24H30Na2O2. The number of rotatable bonds is 9. The zero-order valence-corrected chi connectivity index (χ0v) is 22.5. The van der Waals surface area contributed by atoms with Gasteiger partial charge in [0.15, 0.2) is 0 Å². The Kier molecular flexibility index (Phi) is 24.2. The van der Waals surface area contributed by atoms with Gasteiger partial charge in [0.05, 0.1) is 0 Å². The molecule has 0 aliphatic carbocycles. The predicted molar refractivity (Wildman–Crippen MR) is 110 cm³/mol. The van der Waals surface area contributed by atoms with E-state index in [1.165, 1.54) is 5.57 Å². The molecule has 0 amide bonds. The fourth-order valence-electron chi connectivity index (χ4n) is 1.90. The van der Waals surface area contributed by atoms with E-state index in [1.807, 2.05) is 89.3 Å². The van der Waals surface area contributed by atoms with E-state index >= 15 is 0 Å². The standard InChI is InChI=1S/C24H31O2.2Na/c1-6-10-20(2)11-7-13-22(4)16-17-24(26)19-23(5)14-8-12-21(3)15-9-18-25;;/h6-17,19,26H,18H2,1-5H3;;/q-1;2*+1/p-1/b10-6?,13-7+,14-8+,15-9+,20-11+,21-12+,22-16+,23-19+,24-17+;;. The topological polar surface area (TPSA) is 46.1 Å². The van der Waals surface area contributed by atoms with Crippen molar-refractivity contribution < 1.29 is 69.3 Å². The van der Waals surface area contributed by atoms with Crippen LogP contribution in [-0.4, -0.2) is 6.61 Å². The SMILES string of the molecule is CC=C/C(C)=C/C=C/C(C)=C/C=C([O-])\C=C(C)\C=C\C=C(C)\C=C\C[O-].[Na+].[Na+]. The largest absolute Gasteiger partial charge is 1.00 e. The van der Waals surface area contributed by atoms with E-state index < -0.39 is 0 Å². The normalized spacial score (nSPS) is 15.0. The minimum absolute atomic E-state index is 0. The zero-order valence-electron chi connectivity index (χ0n) is 18.5. The number of hydrogen-bond acceptors (Lipinski definition) is 2. The van der Waals surface area contributed by atoms with Crippen LogP contribution in [0, 0.1) is 0 Å². The molecule has 0 N–H and O–H groups in total. The maximum Gasteiger partial charge on any atom is 1.00 e. The van der Waals surface area contributed by atoms with Gasteiger partial charge in [-0.2, -0.15) is 0 Å². The van der Waals surface area contributed by atoms with E-state index in [0.717, 1.165) is 16.7 Å². The van der Waals surface area contributed by atoms with Crippen molar-refractivity contribution in [3.8, 4) is 0 Å². The molecule has 0 radical (unpaired) electrons. The fraction of sp³-hybridized carbons (Fsp3) is 0.250. The summed E-state index contributed by atoms with van der Waals surface area (Å²) in [6.45, 7) is 9.57. The van der Waals surface area contributed by atoms with E-state index in [9.17, 15) is 10.2 Å². The molecule has 0 spiro atoms. The van der Waals surface area contributed by atoms with Crippen LogP contribution in [0.4, 0.5) is 0 Å². The average Bonchev–Trinajstić information content (AvgIpc) is 2.58. The van der Waals surface area contributed by atoms with Crippen molar-refractivity contribution >= 4 is 0 Å². The summed E-state index contributed by atoms with van der Waals surface area (Å²) in [4.78, 5) is 0. The van der Waals surface area contributed by atoms with Crippen LogP contribution in [0.25, 0.3) is 0 Å². The van der Waals surface area contributed by atoms with Gasteiger partial charge < -0.3 is 10.2 Å². The summed E-state index contributed by atoms with van der Waals surface area (Å²) < 4.78 is 0. The molecule has 0 fully saturated rings. The molecule has 0 aromatic rings. The molecule has 0 aliphatic heterocycles. The summed E-state index contributed by atoms with van der Waals surface area (Å²) in [5.74, 6) is -0.0486. The van der Waals surface area contributed by atoms with Gasteiger partial charge in [-0.25, -0.2) is 0 Å². The minimum atomic E-state index is -0.216. The first-order chi connectivity index (χ1) is 12.4. The molecule has 140 valence electrons. The van der Waals surface area contributed by atoms with Gasteiger partial charge >= 0.3 is 59.1 Å². The third-order valence-corrected chi connectivity index (χ3v) is 3.22. The molecule has 0 rings (SSSR count). The van der Waals surface area contributed by atoms with Gasteiger partial charge in [0.2, 0.25) is 0 Å². The summed E-state index contributed by atoms with van der Waals surface area (Å²) in [5.41, 5.74) is 4.05. The molecule has 0 unspecified atom stereocenters. The van der Waals surface area contributed by atoms with Crippen LogP contribution in [0.3, 0.4) is 0 Å². The van der Waals surface area contributed by atoms with Crippen molar-refractivity contribution in [2.45, 2.75) is 34.6 Å². The first-order valence-corrected chi connectivity index (χ1v) is 8.70. The Morgan fingerprint density at radius 2 is 1.18 bits per heavy atom. The van der Waals surface area contributed by atoms with E-state index in [1.54, 1.807) is 24.3 Å². The summed E-state index contributed by atoms with van der Waals surface area (Å²) >= 11 is 0. The Balaban J connectivity index is -0.00000312. The molecule has 28 heavy (non-hydrogen) atoms. The monoisotopic (exact) mass is 396 g/mol. The van der Waals surface area contributed by atoms with Crippen LogP contribution in [0.5, 0.6) is 0 Å². The van der Waals surface area contributed by atoms with Gasteiger partial charge in [0, 0.05) is 0 Å². The molecule has 2 nitrogen and oxygen atoms in total. The minimum Gasteiger partial charge on any atom is -0.872 e. The second kappa shape index (κ2) is 21.1. The van der Waals surface area contributed by atoms with Crippen molar-refractivity contribution in [2.24, 2.45) is 0 Å². The third kappa shape index (κ3) is 20.2. The first kappa shape index (κ1) is 32.1. The van der Waals surface area contributed by atoms with Crippen LogP contribution in [0.1, 0.15) is 34.6 Å². The van der Waals surface area contributed by atoms with Crippen molar-refractivity contribution in [2.75, 3.05) is 6.61 Å². The van der Waals surface area contributed by atoms with E-state index in [-0.39, 0.29) is 71.5 Å². The van der Waals surface area contributed by atoms with Gasteiger partial charge in [-0.15, -0.1) is 18.4 Å². The van der Waals surface area contributed by atoms with Crippen molar-refractivity contribution in [3.63, 3.8) is 0 Å². The summed E-state index contributed by atoms with van der Waals surface area (Å²) in [6, 6.07) is 0. The van der Waals surface area contributed by atoms with Crippen molar-refractivity contribution in [1.82, 2.24) is 0 Å². The van der Waals surface area contributed by atoms with Crippen LogP contribution in [-0.2, 0) is 0 Å². The van der Waals surface area contributed by atoms with Crippen molar-refractivity contribution in [3.05, 3.63) is 107 Å². The Hall–Kier alpha value is -0.580. The van der Waals surface area contributed by atoms with Gasteiger partial charge in [0.1, 0.15) is 0 Å². The summed E-state index contributed by atoms with van der Waals surface area (Å²) in [5, 5.41) is 22.3. The number of allylic oxidation sites excluding steroid dienone is 16. The van der Waals surface area contributed by atoms with Gasteiger partial charge in [0.25, 0.3) is 0 Å². The molecule has 0 heterocycles. The molecule has 0 bridgehead atoms. The molecule has 0 saturated carbocycles. The fourth-order valence-corrected chi connectivity index (χ4v) is 1.90. The van der Waals surface area contributed by atoms with Gasteiger partial charge in [-0.3, -0.25) is 0 Å². The third-order valence-electron chi connectivity index (χ3n) is 3.22.